The average Bonchev–Trinajstić information content (AvgIpc) is 3.87. The normalized spacial score (nSPS) is 18.2. The van der Waals surface area contributed by atoms with Crippen LogP contribution in [0.1, 0.15) is 140 Å². The molecule has 6 aromatic rings. The van der Waals surface area contributed by atoms with E-state index >= 15 is 0 Å². The Bertz CT molecular complexity index is 2220. The molecule has 10 rings (SSSR count). The largest absolute Gasteiger partial charge is 1.00 e. The molecule has 2 nitrogen and oxygen atoms in total. The monoisotopic (exact) mass is 1200 g/mol. The maximum Gasteiger partial charge on any atom is 1.00 e. The molecule has 4 aliphatic rings. The third kappa shape index (κ3) is 11.9. The summed E-state index contributed by atoms with van der Waals surface area (Å²) in [7, 11) is -0.182. The second kappa shape index (κ2) is 24.1. The molecule has 6 heteroatoms. The van der Waals surface area contributed by atoms with Crippen LogP contribution >= 0.6 is 15.8 Å². The number of rotatable bonds is 7. The third-order valence-corrected chi connectivity index (χ3v) is 22.9. The minimum atomic E-state index is -0.0909. The molecule has 60 heavy (non-hydrogen) atoms. The number of furan rings is 2. The maximum atomic E-state index is 7.10. The van der Waals surface area contributed by atoms with Gasteiger partial charge in [0, 0.05) is 37.4 Å². The summed E-state index contributed by atoms with van der Waals surface area (Å²) in [6, 6.07) is 27.2. The van der Waals surface area contributed by atoms with Crippen LogP contribution in [-0.4, -0.2) is 35.0 Å². The SMILES string of the molecule is C1CCC([PH+](CC[PH+](C2CCCCC2)C2CCCCC2)C2CCCCC2)CC1.[Au+].[Au+].[C-]#Cc1ccc2c(c1)oc1ccccc12.[C-]#Cc1ccc2oc3ccccc3c2c1. The van der Waals surface area contributed by atoms with Crippen molar-refractivity contribution in [1.82, 2.24) is 0 Å². The predicted octanol–water partition coefficient (Wildman–Crippen LogP) is 15.8. The molecule has 0 atom stereocenters. The van der Waals surface area contributed by atoms with E-state index in [-0.39, 0.29) is 60.6 Å². The van der Waals surface area contributed by atoms with E-state index in [1.54, 1.807) is 141 Å². The van der Waals surface area contributed by atoms with Gasteiger partial charge in [-0.25, -0.2) is 0 Å². The summed E-state index contributed by atoms with van der Waals surface area (Å²) >= 11 is 0. The number of hydrogen-bond donors (Lipinski definition) is 0. The quantitative estimate of drug-likeness (QED) is 0.0689. The Balaban J connectivity index is 0.000000160. The molecule has 2 aromatic heterocycles. The standard InChI is InChI=1S/C26H48P2.2C14H7O.2Au/c1-5-13-23(14-6-1)27(24-15-7-2-8-16-24)21-22-28(25-17-9-3-10-18-25)26-19-11-4-12-20-26;1-2-10-7-8-14-12(9-10)11-5-3-4-6-13(11)15-14;1-2-10-7-8-12-11-5-3-4-6-13(11)15-14(12)9-10;;/h23-26H,1-22H2;2*3-9H;;/q;2*-1;2*+1/p+2. The maximum absolute atomic E-state index is 7.10. The van der Waals surface area contributed by atoms with Crippen LogP contribution in [0.4, 0.5) is 0 Å². The number of hydrogen-bond acceptors (Lipinski definition) is 2. The summed E-state index contributed by atoms with van der Waals surface area (Å²) in [5.41, 5.74) is 9.85. The van der Waals surface area contributed by atoms with Gasteiger partial charge in [-0.05, 0) is 121 Å². The van der Waals surface area contributed by atoms with E-state index in [4.69, 9.17) is 21.7 Å². The Kier molecular flexibility index (Phi) is 19.1. The molecule has 322 valence electrons. The molecule has 0 N–H and O–H groups in total. The van der Waals surface area contributed by atoms with Crippen LogP contribution in [0.25, 0.3) is 43.9 Å². The zero-order valence-electron chi connectivity index (χ0n) is 35.4. The molecule has 0 aliphatic heterocycles. The van der Waals surface area contributed by atoms with Crippen LogP contribution in [0.5, 0.6) is 0 Å². The Morgan fingerprint density at radius 2 is 0.750 bits per heavy atom. The van der Waals surface area contributed by atoms with Crippen molar-refractivity contribution in [2.24, 2.45) is 0 Å². The van der Waals surface area contributed by atoms with Crippen molar-refractivity contribution >= 4 is 59.7 Å². The molecule has 2 heterocycles. The smallest absolute Gasteiger partial charge is 0.458 e. The fourth-order valence-electron chi connectivity index (χ4n) is 11.3. The fraction of sp³-hybridized carbons (Fsp3) is 0.481. The molecule has 0 amide bonds. The van der Waals surface area contributed by atoms with Gasteiger partial charge in [-0.1, -0.05) is 74.2 Å². The first kappa shape index (κ1) is 47.4. The van der Waals surface area contributed by atoms with Gasteiger partial charge in [0.15, 0.2) is 0 Å². The number of para-hydroxylation sites is 2. The van der Waals surface area contributed by atoms with E-state index in [1.807, 2.05) is 84.9 Å². The predicted molar refractivity (Wildman–Crippen MR) is 254 cm³/mol. The fourth-order valence-corrected chi connectivity index (χ4v) is 21.1. The molecule has 4 aliphatic carbocycles. The Hall–Kier alpha value is -2.06. The van der Waals surface area contributed by atoms with Crippen LogP contribution in [0.2, 0.25) is 0 Å². The van der Waals surface area contributed by atoms with Crippen molar-refractivity contribution in [3.05, 3.63) is 109 Å². The Labute approximate surface area is 394 Å². The molecule has 4 aromatic carbocycles. The van der Waals surface area contributed by atoms with Gasteiger partial charge in [0.05, 0.1) is 35.0 Å². The van der Waals surface area contributed by atoms with Gasteiger partial charge in [-0.3, -0.25) is 11.8 Å². The number of benzene rings is 4. The van der Waals surface area contributed by atoms with Gasteiger partial charge in [0.25, 0.3) is 0 Å². The molecule has 0 spiro atoms. The second-order valence-corrected chi connectivity index (χ2v) is 24.4. The van der Waals surface area contributed by atoms with E-state index in [2.05, 4.69) is 11.8 Å². The van der Waals surface area contributed by atoms with Crippen molar-refractivity contribution < 1.29 is 53.6 Å². The van der Waals surface area contributed by atoms with Gasteiger partial charge in [-0.15, -0.1) is 29.3 Å². The molecule has 0 radical (unpaired) electrons. The molecule has 0 saturated heterocycles. The van der Waals surface area contributed by atoms with Crippen molar-refractivity contribution in [2.75, 3.05) is 12.3 Å². The van der Waals surface area contributed by atoms with E-state index in [9.17, 15) is 0 Å². The van der Waals surface area contributed by atoms with Crippen LogP contribution in [0.15, 0.2) is 93.8 Å². The van der Waals surface area contributed by atoms with Crippen molar-refractivity contribution in [3.8, 4) is 11.8 Å². The van der Waals surface area contributed by atoms with Gasteiger partial charge in [-0.2, -0.15) is 0 Å². The molecule has 4 saturated carbocycles. The molecular formula is C54H64Au2O2P2+2. The molecule has 4 fully saturated rings. The second-order valence-electron chi connectivity index (χ2n) is 17.9. The van der Waals surface area contributed by atoms with Crippen molar-refractivity contribution in [1.29, 1.82) is 0 Å². The van der Waals surface area contributed by atoms with Gasteiger partial charge >= 0.3 is 44.8 Å². The summed E-state index contributed by atoms with van der Waals surface area (Å²) in [6.45, 7) is 0. The molecular weight excluding hydrogens is 1140 g/mol. The van der Waals surface area contributed by atoms with Gasteiger partial charge in [0.2, 0.25) is 0 Å². The van der Waals surface area contributed by atoms with Crippen molar-refractivity contribution in [3.63, 3.8) is 0 Å². The summed E-state index contributed by atoms with van der Waals surface area (Å²) in [4.78, 5) is 0. The summed E-state index contributed by atoms with van der Waals surface area (Å²) in [5.74, 6) is 4.74. The first-order valence-electron chi connectivity index (χ1n) is 23.1. The first-order valence-corrected chi connectivity index (χ1v) is 26.8. The molecule has 0 bridgehead atoms. The van der Waals surface area contributed by atoms with Crippen LogP contribution < -0.4 is 0 Å². The van der Waals surface area contributed by atoms with E-state index < -0.39 is 0 Å². The minimum Gasteiger partial charge on any atom is -0.458 e. The zero-order valence-corrected chi connectivity index (χ0v) is 41.7. The average molecular weight is 1200 g/mol. The topological polar surface area (TPSA) is 26.3 Å². The summed E-state index contributed by atoms with van der Waals surface area (Å²) in [5, 5.41) is 4.33. The summed E-state index contributed by atoms with van der Waals surface area (Å²) < 4.78 is 11.3. The van der Waals surface area contributed by atoms with E-state index in [0.29, 0.717) is 0 Å². The first-order chi connectivity index (χ1) is 28.7. The van der Waals surface area contributed by atoms with Gasteiger partial charge < -0.3 is 21.7 Å². The van der Waals surface area contributed by atoms with Crippen LogP contribution in [0, 0.1) is 24.7 Å². The molecule has 0 unspecified atom stereocenters. The Morgan fingerprint density at radius 1 is 0.400 bits per heavy atom. The van der Waals surface area contributed by atoms with Crippen LogP contribution in [-0.2, 0) is 44.8 Å². The van der Waals surface area contributed by atoms with Gasteiger partial charge in [0.1, 0.15) is 22.3 Å². The van der Waals surface area contributed by atoms with E-state index in [1.165, 1.54) is 22.6 Å². The zero-order chi connectivity index (χ0) is 39.5. The minimum absolute atomic E-state index is 0. The van der Waals surface area contributed by atoms with Crippen molar-refractivity contribution in [2.45, 2.75) is 151 Å². The van der Waals surface area contributed by atoms with E-state index in [0.717, 1.165) is 55.0 Å². The Morgan fingerprint density at radius 3 is 1.20 bits per heavy atom. The van der Waals surface area contributed by atoms with Crippen LogP contribution in [0.3, 0.4) is 0 Å². The number of fused-ring (bicyclic) bond motifs is 6. The summed E-state index contributed by atoms with van der Waals surface area (Å²) in [6.07, 6.45) is 49.6. The third-order valence-electron chi connectivity index (χ3n) is 14.3.